The minimum atomic E-state index is -3.63. The second kappa shape index (κ2) is 10.4. The van der Waals surface area contributed by atoms with Crippen molar-refractivity contribution in [2.45, 2.75) is 37.6 Å². The molecule has 0 saturated carbocycles. The minimum absolute atomic E-state index is 0.0554. The van der Waals surface area contributed by atoms with Gasteiger partial charge in [0.1, 0.15) is 0 Å². The van der Waals surface area contributed by atoms with E-state index in [1.54, 1.807) is 30.3 Å². The van der Waals surface area contributed by atoms with Crippen molar-refractivity contribution in [3.8, 4) is 0 Å². The zero-order valence-electron chi connectivity index (χ0n) is 19.3. The van der Waals surface area contributed by atoms with Crippen LogP contribution >= 0.6 is 0 Å². The van der Waals surface area contributed by atoms with E-state index in [4.69, 9.17) is 4.74 Å². The van der Waals surface area contributed by atoms with Crippen LogP contribution in [-0.4, -0.2) is 54.1 Å². The van der Waals surface area contributed by atoms with Gasteiger partial charge in [0.05, 0.1) is 10.3 Å². The summed E-state index contributed by atoms with van der Waals surface area (Å²) in [6.07, 6.45) is 2.29. The molecule has 2 aromatic carbocycles. The molecule has 10 nitrogen and oxygen atoms in total. The van der Waals surface area contributed by atoms with Crippen molar-refractivity contribution < 1.29 is 22.7 Å². The van der Waals surface area contributed by atoms with Crippen LogP contribution in [0.5, 0.6) is 0 Å². The molecule has 0 aliphatic carbocycles. The fourth-order valence-corrected chi connectivity index (χ4v) is 5.52. The molecule has 184 valence electrons. The number of benzene rings is 2. The van der Waals surface area contributed by atoms with Crippen LogP contribution in [-0.2, 0) is 26.1 Å². The summed E-state index contributed by atoms with van der Waals surface area (Å²) in [7, 11) is -3.63. The number of carbonyl (C=O) groups excluding carboxylic acids is 2. The van der Waals surface area contributed by atoms with Gasteiger partial charge in [-0.1, -0.05) is 31.2 Å². The van der Waals surface area contributed by atoms with E-state index in [1.165, 1.54) is 27.2 Å². The molecule has 0 unspecified atom stereocenters. The monoisotopic (exact) mass is 498 g/mol. The van der Waals surface area contributed by atoms with Gasteiger partial charge in [-0.25, -0.2) is 17.9 Å². The SMILES string of the molecule is CCCn1nc(C(=O)OCC(=O)Nc2cccc(S(=O)(=O)N3CCCC3)c2)c2ccccc2c1=O. The number of rotatable bonds is 8. The molecule has 1 aliphatic rings. The standard InChI is InChI=1S/C24H26N4O6S/c1-2-12-28-23(30)20-11-4-3-10-19(20)22(26-28)24(31)34-16-21(29)25-17-8-7-9-18(15-17)35(32,33)27-13-5-6-14-27/h3-4,7-11,15H,2,5-6,12-14,16H2,1H3,(H,25,29). The lowest BCUT2D eigenvalue weighted by atomic mass is 10.1. The zero-order valence-corrected chi connectivity index (χ0v) is 20.1. The zero-order chi connectivity index (χ0) is 25.0. The van der Waals surface area contributed by atoms with E-state index < -0.39 is 28.5 Å². The van der Waals surface area contributed by atoms with E-state index in [-0.39, 0.29) is 21.8 Å². The second-order valence-electron chi connectivity index (χ2n) is 8.19. The predicted octanol–water partition coefficient (Wildman–Crippen LogP) is 2.39. The average Bonchev–Trinajstić information content (AvgIpc) is 3.41. The van der Waals surface area contributed by atoms with Crippen molar-refractivity contribution >= 4 is 38.4 Å². The second-order valence-corrected chi connectivity index (χ2v) is 10.1. The molecule has 2 heterocycles. The third kappa shape index (κ3) is 5.25. The number of nitrogens with zero attached hydrogens (tertiary/aromatic N) is 3. The van der Waals surface area contributed by atoms with Crippen molar-refractivity contribution in [2.24, 2.45) is 0 Å². The fourth-order valence-electron chi connectivity index (χ4n) is 3.96. The van der Waals surface area contributed by atoms with Gasteiger partial charge in [0.2, 0.25) is 10.0 Å². The number of ether oxygens (including phenoxy) is 1. The highest BCUT2D eigenvalue weighted by molar-refractivity contribution is 7.89. The third-order valence-corrected chi connectivity index (χ3v) is 7.55. The van der Waals surface area contributed by atoms with Gasteiger partial charge in [-0.05, 0) is 43.5 Å². The van der Waals surface area contributed by atoms with Crippen molar-refractivity contribution in [3.63, 3.8) is 0 Å². The van der Waals surface area contributed by atoms with Gasteiger partial charge >= 0.3 is 5.97 Å². The molecule has 11 heteroatoms. The van der Waals surface area contributed by atoms with Crippen molar-refractivity contribution in [1.29, 1.82) is 0 Å². The number of hydrogen-bond acceptors (Lipinski definition) is 7. The Morgan fingerprint density at radius 3 is 2.49 bits per heavy atom. The minimum Gasteiger partial charge on any atom is -0.451 e. The molecule has 1 saturated heterocycles. The summed E-state index contributed by atoms with van der Waals surface area (Å²) in [4.78, 5) is 37.8. The molecule has 0 atom stereocenters. The van der Waals surface area contributed by atoms with E-state index in [2.05, 4.69) is 10.4 Å². The molecule has 3 aromatic rings. The molecule has 0 radical (unpaired) electrons. The lowest BCUT2D eigenvalue weighted by Gasteiger charge is -2.16. The number of fused-ring (bicyclic) bond motifs is 1. The smallest absolute Gasteiger partial charge is 0.359 e. The van der Waals surface area contributed by atoms with Gasteiger partial charge < -0.3 is 10.1 Å². The summed E-state index contributed by atoms with van der Waals surface area (Å²) >= 11 is 0. The van der Waals surface area contributed by atoms with Gasteiger partial charge in [-0.3, -0.25) is 9.59 Å². The number of hydrogen-bond donors (Lipinski definition) is 1. The van der Waals surface area contributed by atoms with Crippen molar-refractivity contribution in [1.82, 2.24) is 14.1 Å². The lowest BCUT2D eigenvalue weighted by molar-refractivity contribution is -0.119. The summed E-state index contributed by atoms with van der Waals surface area (Å²) in [6, 6.07) is 12.5. The Morgan fingerprint density at radius 2 is 1.77 bits per heavy atom. The molecule has 1 amide bonds. The summed E-state index contributed by atoms with van der Waals surface area (Å²) in [6.45, 7) is 2.56. The number of aryl methyl sites for hydroxylation is 1. The highest BCUT2D eigenvalue weighted by Crippen LogP contribution is 2.23. The Balaban J connectivity index is 1.46. The van der Waals surface area contributed by atoms with E-state index >= 15 is 0 Å². The molecule has 1 aromatic heterocycles. The molecule has 1 aliphatic heterocycles. The number of nitrogens with one attached hydrogen (secondary N) is 1. The molecule has 1 N–H and O–H groups in total. The Kier molecular flexibility index (Phi) is 7.27. The lowest BCUT2D eigenvalue weighted by Crippen LogP contribution is -2.28. The van der Waals surface area contributed by atoms with Crippen molar-refractivity contribution in [2.75, 3.05) is 25.0 Å². The molecule has 1 fully saturated rings. The number of sulfonamides is 1. The maximum atomic E-state index is 12.8. The van der Waals surface area contributed by atoms with Gasteiger partial charge in [-0.15, -0.1) is 0 Å². The molecule has 0 bridgehead atoms. The van der Waals surface area contributed by atoms with E-state index in [9.17, 15) is 22.8 Å². The highest BCUT2D eigenvalue weighted by atomic mass is 32.2. The van der Waals surface area contributed by atoms with Crippen LogP contribution in [0.4, 0.5) is 5.69 Å². The van der Waals surface area contributed by atoms with Crippen LogP contribution in [0.25, 0.3) is 10.8 Å². The largest absolute Gasteiger partial charge is 0.451 e. The van der Waals surface area contributed by atoms with Crippen LogP contribution in [0, 0.1) is 0 Å². The highest BCUT2D eigenvalue weighted by Gasteiger charge is 2.27. The quantitative estimate of drug-likeness (QED) is 0.472. The predicted molar refractivity (Wildman–Crippen MR) is 130 cm³/mol. The van der Waals surface area contributed by atoms with Crippen LogP contribution in [0.1, 0.15) is 36.7 Å². The first-order chi connectivity index (χ1) is 16.8. The van der Waals surface area contributed by atoms with E-state index in [0.717, 1.165) is 12.8 Å². The Labute approximate surface area is 202 Å². The number of anilines is 1. The number of esters is 1. The maximum absolute atomic E-state index is 12.8. The number of amides is 1. The number of carbonyl (C=O) groups is 2. The van der Waals surface area contributed by atoms with Gasteiger partial charge in [-0.2, -0.15) is 9.40 Å². The van der Waals surface area contributed by atoms with E-state index in [0.29, 0.717) is 36.8 Å². The first-order valence-corrected chi connectivity index (χ1v) is 12.8. The van der Waals surface area contributed by atoms with Crippen LogP contribution in [0.3, 0.4) is 0 Å². The normalized spacial score (nSPS) is 14.2. The Hall–Kier alpha value is -3.57. The molecule has 0 spiro atoms. The van der Waals surface area contributed by atoms with Gasteiger partial charge in [0, 0.05) is 30.7 Å². The molecular weight excluding hydrogens is 472 g/mol. The molecule has 4 rings (SSSR count). The maximum Gasteiger partial charge on any atom is 0.359 e. The third-order valence-electron chi connectivity index (χ3n) is 5.65. The summed E-state index contributed by atoms with van der Waals surface area (Å²) in [5, 5.41) is 7.39. The summed E-state index contributed by atoms with van der Waals surface area (Å²) in [5.74, 6) is -1.48. The Morgan fingerprint density at radius 1 is 1.06 bits per heavy atom. The van der Waals surface area contributed by atoms with Crippen LogP contribution in [0.2, 0.25) is 0 Å². The first kappa shape index (κ1) is 24.6. The average molecular weight is 499 g/mol. The Bertz CT molecular complexity index is 1430. The first-order valence-electron chi connectivity index (χ1n) is 11.4. The van der Waals surface area contributed by atoms with Gasteiger partial charge in [0.15, 0.2) is 12.3 Å². The van der Waals surface area contributed by atoms with Crippen LogP contribution in [0.15, 0.2) is 58.2 Å². The molecule has 35 heavy (non-hydrogen) atoms. The van der Waals surface area contributed by atoms with E-state index in [1.807, 2.05) is 6.92 Å². The van der Waals surface area contributed by atoms with Gasteiger partial charge in [0.25, 0.3) is 11.5 Å². The number of aromatic nitrogens is 2. The summed E-state index contributed by atoms with van der Waals surface area (Å²) < 4.78 is 33.3. The van der Waals surface area contributed by atoms with Crippen molar-refractivity contribution in [3.05, 3.63) is 64.6 Å². The molecular formula is C24H26N4O6S. The summed E-state index contributed by atoms with van der Waals surface area (Å²) in [5.41, 5.74) is -0.0907. The van der Waals surface area contributed by atoms with Crippen LogP contribution < -0.4 is 10.9 Å². The fraction of sp³-hybridized carbons (Fsp3) is 0.333. The topological polar surface area (TPSA) is 128 Å².